The molecular weight excluding hydrogens is 512 g/mol. The van der Waals surface area contributed by atoms with E-state index in [4.69, 9.17) is 0 Å². The number of hydrogen-bond donors (Lipinski definition) is 3. The van der Waals surface area contributed by atoms with Gasteiger partial charge in [0.1, 0.15) is 11.6 Å². The van der Waals surface area contributed by atoms with Crippen LogP contribution in [-0.4, -0.2) is 34.9 Å². The second-order valence-electron chi connectivity index (χ2n) is 9.25. The Balaban J connectivity index is 0.00000361. The molecule has 12 heteroatoms. The average molecular weight is 540 g/mol. The second-order valence-corrected chi connectivity index (χ2v) is 11.1. The van der Waals surface area contributed by atoms with Crippen molar-refractivity contribution in [2.24, 2.45) is 0 Å². The highest BCUT2D eigenvalue weighted by Gasteiger charge is 2.48. The Kier molecular flexibility index (Phi) is 7.89. The van der Waals surface area contributed by atoms with E-state index in [9.17, 15) is 22.0 Å². The minimum absolute atomic E-state index is 0. The number of H-pyrrole nitrogens is 1. The van der Waals surface area contributed by atoms with Crippen LogP contribution in [0.15, 0.2) is 47.4 Å². The van der Waals surface area contributed by atoms with Gasteiger partial charge in [0.05, 0.1) is 16.1 Å². The van der Waals surface area contributed by atoms with E-state index in [2.05, 4.69) is 20.8 Å². The highest BCUT2D eigenvalue weighted by molar-refractivity contribution is 7.89. The first-order valence-corrected chi connectivity index (χ1v) is 12.5. The predicted octanol–water partition coefficient (Wildman–Crippen LogP) is 4.30. The first kappa shape index (κ1) is 27.7. The molecule has 0 saturated heterocycles. The fraction of sp³-hybridized carbons (Fsp3) is 0.333. The summed E-state index contributed by atoms with van der Waals surface area (Å²) in [5.41, 5.74) is 1.15. The van der Waals surface area contributed by atoms with Gasteiger partial charge in [0.2, 0.25) is 10.0 Å². The zero-order chi connectivity index (χ0) is 25.5. The molecule has 1 aromatic heterocycles. The molecule has 0 radical (unpaired) electrons. The van der Waals surface area contributed by atoms with E-state index in [1.165, 1.54) is 0 Å². The SMILES string of the molecule is CC(C)NCc1ccccc1C(=O)Nc1n[nH]c2c1CN(S(=O)(=O)c1cc(F)cc(F)c1)C2(C)C.Cl. The number of nitrogens with zero attached hydrogens (tertiary/aromatic N) is 2. The van der Waals surface area contributed by atoms with E-state index in [-0.39, 0.29) is 36.7 Å². The van der Waals surface area contributed by atoms with Crippen LogP contribution in [0.25, 0.3) is 0 Å². The third-order valence-corrected chi connectivity index (χ3v) is 8.02. The van der Waals surface area contributed by atoms with Gasteiger partial charge in [-0.2, -0.15) is 9.40 Å². The summed E-state index contributed by atoms with van der Waals surface area (Å²) in [6.07, 6.45) is 0. The minimum atomic E-state index is -4.26. The average Bonchev–Trinajstić information content (AvgIpc) is 3.30. The molecule has 0 atom stereocenters. The molecule has 194 valence electrons. The van der Waals surface area contributed by atoms with Gasteiger partial charge >= 0.3 is 0 Å². The molecular formula is C24H28ClF2N5O3S. The predicted molar refractivity (Wildman–Crippen MR) is 134 cm³/mol. The Hall–Kier alpha value is -2.86. The van der Waals surface area contributed by atoms with Crippen molar-refractivity contribution in [1.82, 2.24) is 19.8 Å². The Labute approximate surface area is 214 Å². The van der Waals surface area contributed by atoms with Crippen molar-refractivity contribution < 1.29 is 22.0 Å². The second kappa shape index (κ2) is 10.3. The number of carbonyl (C=O) groups excluding carboxylic acids is 1. The number of aromatic amines is 1. The van der Waals surface area contributed by atoms with E-state index >= 15 is 0 Å². The van der Waals surface area contributed by atoms with Crippen molar-refractivity contribution in [1.29, 1.82) is 0 Å². The van der Waals surface area contributed by atoms with Crippen molar-refractivity contribution in [3.05, 3.63) is 76.5 Å². The van der Waals surface area contributed by atoms with Gasteiger partial charge in [-0.25, -0.2) is 17.2 Å². The molecule has 0 fully saturated rings. The Morgan fingerprint density at radius 3 is 2.44 bits per heavy atom. The summed E-state index contributed by atoms with van der Waals surface area (Å²) in [5.74, 6) is -2.15. The third kappa shape index (κ3) is 5.15. The van der Waals surface area contributed by atoms with Crippen LogP contribution in [0.5, 0.6) is 0 Å². The number of rotatable bonds is 7. The number of carbonyl (C=O) groups is 1. The topological polar surface area (TPSA) is 107 Å². The van der Waals surface area contributed by atoms with Gasteiger partial charge in [0.25, 0.3) is 5.91 Å². The van der Waals surface area contributed by atoms with E-state index in [0.29, 0.717) is 29.4 Å². The van der Waals surface area contributed by atoms with Crippen LogP contribution in [0.1, 0.15) is 54.9 Å². The minimum Gasteiger partial charge on any atom is -0.310 e. The van der Waals surface area contributed by atoms with E-state index in [1.807, 2.05) is 26.0 Å². The summed E-state index contributed by atoms with van der Waals surface area (Å²) in [6, 6.07) is 9.59. The van der Waals surface area contributed by atoms with Crippen LogP contribution < -0.4 is 10.6 Å². The van der Waals surface area contributed by atoms with Crippen LogP contribution in [0.2, 0.25) is 0 Å². The fourth-order valence-electron chi connectivity index (χ4n) is 4.17. The molecule has 0 aliphatic carbocycles. The number of hydrogen-bond acceptors (Lipinski definition) is 5. The lowest BCUT2D eigenvalue weighted by atomic mass is 10.0. The largest absolute Gasteiger partial charge is 0.310 e. The van der Waals surface area contributed by atoms with Crippen LogP contribution in [0, 0.1) is 11.6 Å². The molecule has 2 heterocycles. The molecule has 3 N–H and O–H groups in total. The number of aromatic nitrogens is 2. The van der Waals surface area contributed by atoms with Gasteiger partial charge < -0.3 is 10.6 Å². The molecule has 0 saturated carbocycles. The van der Waals surface area contributed by atoms with Crippen molar-refractivity contribution >= 4 is 34.2 Å². The summed E-state index contributed by atoms with van der Waals surface area (Å²) >= 11 is 0. The highest BCUT2D eigenvalue weighted by atomic mass is 35.5. The van der Waals surface area contributed by atoms with Gasteiger partial charge in [-0.15, -0.1) is 12.4 Å². The van der Waals surface area contributed by atoms with Crippen LogP contribution in [0.3, 0.4) is 0 Å². The van der Waals surface area contributed by atoms with Gasteiger partial charge in [-0.3, -0.25) is 9.89 Å². The fourth-order valence-corrected chi connectivity index (χ4v) is 5.94. The number of benzene rings is 2. The molecule has 3 aromatic rings. The van der Waals surface area contributed by atoms with Crippen LogP contribution in [-0.2, 0) is 28.7 Å². The Bertz CT molecular complexity index is 1370. The number of amides is 1. The van der Waals surface area contributed by atoms with Crippen molar-refractivity contribution in [2.75, 3.05) is 5.32 Å². The van der Waals surface area contributed by atoms with Crippen LogP contribution in [0.4, 0.5) is 14.6 Å². The first-order valence-electron chi connectivity index (χ1n) is 11.1. The van der Waals surface area contributed by atoms with Crippen molar-refractivity contribution in [3.8, 4) is 0 Å². The summed E-state index contributed by atoms with van der Waals surface area (Å²) in [6.45, 7) is 7.70. The maximum absolute atomic E-state index is 13.8. The standard InChI is InChI=1S/C24H27F2N5O3S.ClH/c1-14(2)27-12-15-7-5-6-8-19(15)23(32)28-22-20-13-31(24(3,4)21(20)29-30-22)35(33,34)18-10-16(25)9-17(26)11-18;/h5-11,14,27H,12-13H2,1-4H3,(H2,28,29,30,32);1H. The van der Waals surface area contributed by atoms with Crippen molar-refractivity contribution in [2.45, 2.75) is 57.3 Å². The molecule has 1 amide bonds. The van der Waals surface area contributed by atoms with Gasteiger partial charge in [-0.1, -0.05) is 32.0 Å². The molecule has 1 aliphatic rings. The van der Waals surface area contributed by atoms with Gasteiger partial charge in [0.15, 0.2) is 5.82 Å². The zero-order valence-corrected chi connectivity index (χ0v) is 21.9. The molecule has 36 heavy (non-hydrogen) atoms. The Morgan fingerprint density at radius 1 is 1.17 bits per heavy atom. The maximum Gasteiger partial charge on any atom is 0.257 e. The maximum atomic E-state index is 13.8. The first-order chi connectivity index (χ1) is 16.4. The number of anilines is 1. The highest BCUT2D eigenvalue weighted by Crippen LogP contribution is 2.43. The normalized spacial score (nSPS) is 15.0. The quantitative estimate of drug-likeness (QED) is 0.415. The number of sulfonamides is 1. The number of fused-ring (bicyclic) bond motifs is 1. The molecule has 0 unspecified atom stereocenters. The molecule has 4 rings (SSSR count). The lowest BCUT2D eigenvalue weighted by Gasteiger charge is -2.30. The van der Waals surface area contributed by atoms with E-state index in [0.717, 1.165) is 22.0 Å². The summed E-state index contributed by atoms with van der Waals surface area (Å²) < 4.78 is 55.3. The van der Waals surface area contributed by atoms with Gasteiger partial charge in [-0.05, 0) is 37.6 Å². The smallest absolute Gasteiger partial charge is 0.257 e. The van der Waals surface area contributed by atoms with E-state index in [1.54, 1.807) is 26.0 Å². The third-order valence-electron chi connectivity index (χ3n) is 6.02. The molecule has 1 aliphatic heterocycles. The lowest BCUT2D eigenvalue weighted by Crippen LogP contribution is -2.40. The van der Waals surface area contributed by atoms with Gasteiger partial charge in [0, 0.05) is 36.3 Å². The lowest BCUT2D eigenvalue weighted by molar-refractivity contribution is 0.102. The number of nitrogens with one attached hydrogen (secondary N) is 3. The summed E-state index contributed by atoms with van der Waals surface area (Å²) in [4.78, 5) is 12.6. The van der Waals surface area contributed by atoms with E-state index < -0.39 is 32.1 Å². The van der Waals surface area contributed by atoms with Crippen molar-refractivity contribution in [3.63, 3.8) is 0 Å². The molecule has 8 nitrogen and oxygen atoms in total. The molecule has 0 spiro atoms. The monoisotopic (exact) mass is 539 g/mol. The summed E-state index contributed by atoms with van der Waals surface area (Å²) in [7, 11) is -4.26. The number of halogens is 3. The Morgan fingerprint density at radius 2 is 1.81 bits per heavy atom. The molecule has 0 bridgehead atoms. The van der Waals surface area contributed by atoms with Crippen LogP contribution >= 0.6 is 12.4 Å². The molecule has 2 aromatic carbocycles. The zero-order valence-electron chi connectivity index (χ0n) is 20.2. The summed E-state index contributed by atoms with van der Waals surface area (Å²) in [5, 5.41) is 13.1.